The molecule has 0 spiro atoms. The lowest BCUT2D eigenvalue weighted by molar-refractivity contribution is -0.140. The van der Waals surface area contributed by atoms with Crippen molar-refractivity contribution in [2.75, 3.05) is 13.7 Å². The van der Waals surface area contributed by atoms with E-state index < -0.39 is 12.0 Å². The number of hydrogen-bond donors (Lipinski definition) is 3. The minimum Gasteiger partial charge on any atom is -0.497 e. The van der Waals surface area contributed by atoms with E-state index in [-0.39, 0.29) is 32.3 Å². The third-order valence-corrected chi connectivity index (χ3v) is 7.87. The molecule has 10 heteroatoms. The third-order valence-electron chi connectivity index (χ3n) is 7.57. The number of aromatic nitrogens is 1. The fourth-order valence-corrected chi connectivity index (χ4v) is 5.57. The van der Waals surface area contributed by atoms with Gasteiger partial charge in [0.25, 0.3) is 0 Å². The average Bonchev–Trinajstić information content (AvgIpc) is 3.46. The van der Waals surface area contributed by atoms with Gasteiger partial charge in [0.1, 0.15) is 42.1 Å². The Morgan fingerprint density at radius 3 is 2.70 bits per heavy atom. The van der Waals surface area contributed by atoms with Crippen LogP contribution in [0, 0.1) is 11.3 Å². The zero-order valence-corrected chi connectivity index (χ0v) is 24.9. The maximum Gasteiger partial charge on any atom is 0.320 e. The lowest BCUT2D eigenvalue weighted by Gasteiger charge is -2.20. The smallest absolute Gasteiger partial charge is 0.320 e. The molecule has 4 aromatic rings. The van der Waals surface area contributed by atoms with E-state index in [4.69, 9.17) is 25.8 Å². The van der Waals surface area contributed by atoms with E-state index in [0.29, 0.717) is 33.2 Å². The van der Waals surface area contributed by atoms with Crippen LogP contribution in [-0.2, 0) is 24.4 Å². The molecule has 0 aliphatic heterocycles. The van der Waals surface area contributed by atoms with E-state index in [2.05, 4.69) is 28.5 Å². The Morgan fingerprint density at radius 2 is 1.98 bits per heavy atom. The number of fused-ring (bicyclic) bond motifs is 1. The van der Waals surface area contributed by atoms with Crippen LogP contribution in [0.15, 0.2) is 73.1 Å². The van der Waals surface area contributed by atoms with Crippen molar-refractivity contribution < 1.29 is 29.2 Å². The van der Waals surface area contributed by atoms with Gasteiger partial charge in [0, 0.05) is 42.7 Å². The number of nitrogens with one attached hydrogen (secondary N) is 1. The molecular weight excluding hydrogens is 582 g/mol. The molecule has 0 saturated carbocycles. The Balaban J connectivity index is 1.41. The number of aliphatic hydroxyl groups is 1. The number of rotatable bonds is 13. The Morgan fingerprint density at radius 1 is 1.16 bits per heavy atom. The van der Waals surface area contributed by atoms with E-state index in [1.54, 1.807) is 31.5 Å². The Kier molecular flexibility index (Phi) is 9.97. The topological polar surface area (TPSA) is 134 Å². The SMILES string of the molecule is COc1ccc(-c2cccc3c2CC[C@@H]3Oc2cc(OCc3cncc(C#N)c3)c(CN[C@@H](CCO)C(=O)O)cc2Cl)cc1. The fraction of sp³-hybridized carbons (Fsp3) is 0.265. The summed E-state index contributed by atoms with van der Waals surface area (Å²) in [5.74, 6) is 0.611. The summed E-state index contributed by atoms with van der Waals surface area (Å²) in [4.78, 5) is 15.7. The quantitative estimate of drug-likeness (QED) is 0.170. The molecule has 44 heavy (non-hydrogen) atoms. The number of carbonyl (C=O) groups is 1. The van der Waals surface area contributed by atoms with Crippen LogP contribution in [0.3, 0.4) is 0 Å². The van der Waals surface area contributed by atoms with Gasteiger partial charge < -0.3 is 29.7 Å². The number of halogens is 1. The van der Waals surface area contributed by atoms with Gasteiger partial charge >= 0.3 is 5.97 Å². The van der Waals surface area contributed by atoms with Gasteiger partial charge in [-0.3, -0.25) is 9.78 Å². The predicted molar refractivity (Wildman–Crippen MR) is 165 cm³/mol. The normalized spacial score (nSPS) is 14.4. The van der Waals surface area contributed by atoms with Crippen LogP contribution in [0.4, 0.5) is 0 Å². The highest BCUT2D eigenvalue weighted by molar-refractivity contribution is 6.32. The highest BCUT2D eigenvalue weighted by Gasteiger charge is 2.28. The van der Waals surface area contributed by atoms with Gasteiger partial charge in [-0.05, 0) is 65.8 Å². The molecule has 0 unspecified atom stereocenters. The second-order valence-corrected chi connectivity index (χ2v) is 10.8. The number of carboxylic acids is 1. The summed E-state index contributed by atoms with van der Waals surface area (Å²) in [6.45, 7) is -0.0283. The standard InChI is InChI=1S/C34H32ClN3O6/c1-42-25-7-5-23(6-8-25)26-3-2-4-28-27(26)9-10-31(28)44-33-15-32(43-20-22-13-21(16-36)17-37-18-22)24(14-29(33)35)19-38-30(11-12-39)34(40)41/h2-8,13-15,17-18,30-31,38-39H,9-12,19-20H2,1H3,(H,40,41)/t30-,31-/m0/s1. The van der Waals surface area contributed by atoms with Gasteiger partial charge in [-0.25, -0.2) is 0 Å². The molecular formula is C34H32ClN3O6. The maximum absolute atomic E-state index is 11.6. The Hall–Kier alpha value is -4.62. The van der Waals surface area contributed by atoms with E-state index in [1.165, 1.54) is 11.8 Å². The molecule has 9 nitrogen and oxygen atoms in total. The summed E-state index contributed by atoms with van der Waals surface area (Å²) in [5, 5.41) is 31.3. The molecule has 2 atom stereocenters. The lowest BCUT2D eigenvalue weighted by atomic mass is 9.96. The van der Waals surface area contributed by atoms with Crippen LogP contribution in [0.25, 0.3) is 11.1 Å². The van der Waals surface area contributed by atoms with Crippen LogP contribution in [0.5, 0.6) is 17.2 Å². The zero-order chi connectivity index (χ0) is 31.1. The first-order valence-corrected chi connectivity index (χ1v) is 14.6. The first-order chi connectivity index (χ1) is 21.4. The molecule has 3 aromatic carbocycles. The molecule has 0 fully saturated rings. The Bertz CT molecular complexity index is 1670. The van der Waals surface area contributed by atoms with E-state index >= 15 is 0 Å². The highest BCUT2D eigenvalue weighted by Crippen LogP contribution is 2.43. The van der Waals surface area contributed by atoms with E-state index in [9.17, 15) is 20.3 Å². The van der Waals surface area contributed by atoms with Crippen molar-refractivity contribution in [2.45, 2.75) is 44.6 Å². The van der Waals surface area contributed by atoms with Crippen molar-refractivity contribution in [1.29, 1.82) is 5.26 Å². The van der Waals surface area contributed by atoms with Gasteiger partial charge in [0.15, 0.2) is 0 Å². The van der Waals surface area contributed by atoms with Crippen LogP contribution in [0.2, 0.25) is 5.02 Å². The molecule has 3 N–H and O–H groups in total. The van der Waals surface area contributed by atoms with E-state index in [1.807, 2.05) is 30.3 Å². The van der Waals surface area contributed by atoms with Crippen LogP contribution in [-0.4, -0.2) is 40.9 Å². The molecule has 5 rings (SSSR count). The zero-order valence-electron chi connectivity index (χ0n) is 24.1. The van der Waals surface area contributed by atoms with Crippen LogP contribution >= 0.6 is 11.6 Å². The first kappa shape index (κ1) is 30.8. The van der Waals surface area contributed by atoms with Gasteiger partial charge in [-0.1, -0.05) is 41.9 Å². The molecule has 1 aliphatic rings. The van der Waals surface area contributed by atoms with Crippen LogP contribution < -0.4 is 19.5 Å². The molecule has 1 aromatic heterocycles. The molecule has 1 heterocycles. The highest BCUT2D eigenvalue weighted by atomic mass is 35.5. The maximum atomic E-state index is 11.6. The summed E-state index contributed by atoms with van der Waals surface area (Å²) in [7, 11) is 1.65. The number of aliphatic carboxylic acids is 1. The predicted octanol–water partition coefficient (Wildman–Crippen LogP) is 5.85. The van der Waals surface area contributed by atoms with Crippen molar-refractivity contribution in [2.24, 2.45) is 0 Å². The number of carboxylic acid groups (broad SMARTS) is 1. The average molecular weight is 614 g/mol. The number of nitrogens with zero attached hydrogens (tertiary/aromatic N) is 2. The van der Waals surface area contributed by atoms with Gasteiger partial charge in [-0.2, -0.15) is 5.26 Å². The van der Waals surface area contributed by atoms with E-state index in [0.717, 1.165) is 35.3 Å². The lowest BCUT2D eigenvalue weighted by Crippen LogP contribution is -2.37. The van der Waals surface area contributed by atoms with Crippen molar-refractivity contribution in [1.82, 2.24) is 10.3 Å². The minimum atomic E-state index is -1.07. The summed E-state index contributed by atoms with van der Waals surface area (Å²) >= 11 is 6.74. The molecule has 0 saturated heterocycles. The molecule has 1 aliphatic carbocycles. The van der Waals surface area contributed by atoms with Crippen molar-refractivity contribution in [3.63, 3.8) is 0 Å². The van der Waals surface area contributed by atoms with Crippen LogP contribution in [0.1, 0.15) is 46.8 Å². The number of benzene rings is 3. The number of hydrogen-bond acceptors (Lipinski definition) is 8. The summed E-state index contributed by atoms with van der Waals surface area (Å²) < 4.78 is 18.0. The largest absolute Gasteiger partial charge is 0.497 e. The summed E-state index contributed by atoms with van der Waals surface area (Å²) in [6, 6.07) is 20.4. The number of methoxy groups -OCH3 is 1. The second kappa shape index (κ2) is 14.2. The van der Waals surface area contributed by atoms with Crippen molar-refractivity contribution in [3.8, 4) is 34.4 Å². The van der Waals surface area contributed by atoms with Gasteiger partial charge in [0.05, 0.1) is 17.7 Å². The molecule has 0 radical (unpaired) electrons. The number of nitriles is 1. The number of aliphatic hydroxyl groups excluding tert-OH is 1. The molecule has 0 amide bonds. The minimum absolute atomic E-state index is 0.0483. The van der Waals surface area contributed by atoms with Crippen molar-refractivity contribution in [3.05, 3.63) is 106 Å². The monoisotopic (exact) mass is 613 g/mol. The van der Waals surface area contributed by atoms with Gasteiger partial charge in [-0.15, -0.1) is 0 Å². The Labute approximate surface area is 260 Å². The second-order valence-electron chi connectivity index (χ2n) is 10.4. The van der Waals surface area contributed by atoms with Gasteiger partial charge in [0.2, 0.25) is 0 Å². The summed E-state index contributed by atoms with van der Waals surface area (Å²) in [5.41, 5.74) is 6.29. The fourth-order valence-electron chi connectivity index (χ4n) is 5.34. The molecule has 226 valence electrons. The molecule has 0 bridgehead atoms. The third kappa shape index (κ3) is 7.12. The first-order valence-electron chi connectivity index (χ1n) is 14.2. The summed E-state index contributed by atoms with van der Waals surface area (Å²) in [6.07, 6.45) is 4.52. The van der Waals surface area contributed by atoms with Crippen molar-refractivity contribution >= 4 is 17.6 Å². The number of pyridine rings is 1. The number of ether oxygens (including phenoxy) is 3.